The number of ether oxygens (including phenoxy) is 2. The zero-order valence-corrected chi connectivity index (χ0v) is 18.3. The minimum atomic E-state index is -0.162. The van der Waals surface area contributed by atoms with Crippen molar-refractivity contribution in [2.24, 2.45) is 0 Å². The Bertz CT molecular complexity index is 1160. The Morgan fingerprint density at radius 3 is 1.88 bits per heavy atom. The number of benzene rings is 4. The molecule has 0 aliphatic carbocycles. The second kappa shape index (κ2) is 10.0. The molecule has 0 bridgehead atoms. The number of hydrogen-bond acceptors (Lipinski definition) is 3. The zero-order chi connectivity index (χ0) is 22.3. The Morgan fingerprint density at radius 2 is 1.31 bits per heavy atom. The van der Waals surface area contributed by atoms with Crippen molar-refractivity contribution in [1.29, 1.82) is 0 Å². The fourth-order valence-electron chi connectivity index (χ4n) is 3.27. The van der Waals surface area contributed by atoms with Gasteiger partial charge in [-0.3, -0.25) is 9.69 Å². The molecular weight excluding hydrogens is 422 g/mol. The minimum Gasteiger partial charge on any atom is -0.497 e. The predicted octanol–water partition coefficient (Wildman–Crippen LogP) is 6.91. The van der Waals surface area contributed by atoms with E-state index in [9.17, 15) is 4.79 Å². The molecule has 0 aliphatic heterocycles. The summed E-state index contributed by atoms with van der Waals surface area (Å²) in [6.45, 7) is 0.478. The molecule has 0 N–H and O–H groups in total. The lowest BCUT2D eigenvalue weighted by molar-refractivity contribution is 0.0999. The van der Waals surface area contributed by atoms with Gasteiger partial charge in [0, 0.05) is 22.0 Å². The fourth-order valence-corrected chi connectivity index (χ4v) is 3.39. The van der Waals surface area contributed by atoms with Gasteiger partial charge in [0.2, 0.25) is 0 Å². The van der Waals surface area contributed by atoms with Gasteiger partial charge in [-0.2, -0.15) is 0 Å². The molecule has 5 heteroatoms. The van der Waals surface area contributed by atoms with E-state index in [2.05, 4.69) is 0 Å². The molecule has 0 radical (unpaired) electrons. The van der Waals surface area contributed by atoms with E-state index in [1.165, 1.54) is 0 Å². The number of nitrogens with zero attached hydrogens (tertiary/aromatic N) is 1. The predicted molar refractivity (Wildman–Crippen MR) is 128 cm³/mol. The molecule has 0 heterocycles. The van der Waals surface area contributed by atoms with Crippen LogP contribution in [0.5, 0.6) is 11.5 Å². The van der Waals surface area contributed by atoms with Crippen LogP contribution >= 0.6 is 11.6 Å². The molecule has 0 fully saturated rings. The first-order chi connectivity index (χ1) is 15.6. The standard InChI is InChI=1S/C27H22ClNO3/c1-31-25-15-11-23(12-16-25)29(27(30)21-7-9-22(28)10-8-21)24-13-17-26(18-14-24)32-19-20-5-3-2-4-6-20/h2-18H,19H2,1H3. The Morgan fingerprint density at radius 1 is 0.750 bits per heavy atom. The summed E-state index contributed by atoms with van der Waals surface area (Å²) < 4.78 is 11.1. The van der Waals surface area contributed by atoms with E-state index in [1.807, 2.05) is 78.9 Å². The maximum atomic E-state index is 13.4. The molecule has 0 spiro atoms. The van der Waals surface area contributed by atoms with Crippen molar-refractivity contribution in [3.05, 3.63) is 119 Å². The van der Waals surface area contributed by atoms with Crippen LogP contribution < -0.4 is 14.4 Å². The summed E-state index contributed by atoms with van der Waals surface area (Å²) in [6, 6.07) is 31.7. The van der Waals surface area contributed by atoms with Crippen LogP contribution in [0.4, 0.5) is 11.4 Å². The zero-order valence-electron chi connectivity index (χ0n) is 17.6. The number of halogens is 1. The van der Waals surface area contributed by atoms with Gasteiger partial charge in [-0.05, 0) is 78.4 Å². The van der Waals surface area contributed by atoms with Gasteiger partial charge in [0.15, 0.2) is 0 Å². The average Bonchev–Trinajstić information content (AvgIpc) is 2.85. The summed E-state index contributed by atoms with van der Waals surface area (Å²) in [7, 11) is 1.61. The topological polar surface area (TPSA) is 38.8 Å². The third-order valence-electron chi connectivity index (χ3n) is 4.97. The highest BCUT2D eigenvalue weighted by molar-refractivity contribution is 6.30. The Hall–Kier alpha value is -3.76. The van der Waals surface area contributed by atoms with Gasteiger partial charge in [0.05, 0.1) is 7.11 Å². The Balaban J connectivity index is 1.61. The van der Waals surface area contributed by atoms with E-state index in [0.29, 0.717) is 17.2 Å². The molecule has 0 saturated carbocycles. The summed E-state index contributed by atoms with van der Waals surface area (Å²) in [5.74, 6) is 1.29. The largest absolute Gasteiger partial charge is 0.497 e. The number of rotatable bonds is 7. The molecule has 0 unspecified atom stereocenters. The van der Waals surface area contributed by atoms with Gasteiger partial charge < -0.3 is 9.47 Å². The number of carbonyl (C=O) groups excluding carboxylic acids is 1. The van der Waals surface area contributed by atoms with Gasteiger partial charge in [-0.1, -0.05) is 41.9 Å². The van der Waals surface area contributed by atoms with Gasteiger partial charge in [0.25, 0.3) is 5.91 Å². The van der Waals surface area contributed by atoms with E-state index in [1.54, 1.807) is 36.3 Å². The van der Waals surface area contributed by atoms with Crippen LogP contribution in [-0.2, 0) is 6.61 Å². The highest BCUT2D eigenvalue weighted by Gasteiger charge is 2.20. The maximum absolute atomic E-state index is 13.4. The van der Waals surface area contributed by atoms with Crippen LogP contribution in [0.3, 0.4) is 0 Å². The van der Waals surface area contributed by atoms with Crippen molar-refractivity contribution in [3.8, 4) is 11.5 Å². The molecule has 4 nitrogen and oxygen atoms in total. The highest BCUT2D eigenvalue weighted by atomic mass is 35.5. The number of amides is 1. The van der Waals surface area contributed by atoms with E-state index < -0.39 is 0 Å². The maximum Gasteiger partial charge on any atom is 0.262 e. The summed E-state index contributed by atoms with van der Waals surface area (Å²) in [4.78, 5) is 15.1. The van der Waals surface area contributed by atoms with Crippen molar-refractivity contribution in [1.82, 2.24) is 0 Å². The van der Waals surface area contributed by atoms with Crippen LogP contribution in [-0.4, -0.2) is 13.0 Å². The highest BCUT2D eigenvalue weighted by Crippen LogP contribution is 2.31. The molecule has 0 aliphatic rings. The third kappa shape index (κ3) is 5.10. The smallest absolute Gasteiger partial charge is 0.262 e. The molecule has 160 valence electrons. The summed E-state index contributed by atoms with van der Waals surface area (Å²) in [5.41, 5.74) is 3.08. The molecule has 32 heavy (non-hydrogen) atoms. The first-order valence-corrected chi connectivity index (χ1v) is 10.5. The van der Waals surface area contributed by atoms with Gasteiger partial charge >= 0.3 is 0 Å². The second-order valence-electron chi connectivity index (χ2n) is 7.11. The number of hydrogen-bond donors (Lipinski definition) is 0. The second-order valence-corrected chi connectivity index (χ2v) is 7.55. The Kier molecular flexibility index (Phi) is 6.73. The molecule has 4 rings (SSSR count). The number of anilines is 2. The third-order valence-corrected chi connectivity index (χ3v) is 5.22. The van der Waals surface area contributed by atoms with E-state index in [0.717, 1.165) is 28.4 Å². The molecule has 1 amide bonds. The van der Waals surface area contributed by atoms with Gasteiger partial charge in [0.1, 0.15) is 18.1 Å². The van der Waals surface area contributed by atoms with E-state index >= 15 is 0 Å². The quantitative estimate of drug-likeness (QED) is 0.311. The van der Waals surface area contributed by atoms with Crippen molar-refractivity contribution >= 4 is 28.9 Å². The lowest BCUT2D eigenvalue weighted by atomic mass is 10.1. The molecule has 0 atom stereocenters. The minimum absolute atomic E-state index is 0.162. The summed E-state index contributed by atoms with van der Waals surface area (Å²) >= 11 is 6.00. The van der Waals surface area contributed by atoms with E-state index in [4.69, 9.17) is 21.1 Å². The monoisotopic (exact) mass is 443 g/mol. The van der Waals surface area contributed by atoms with Gasteiger partial charge in [-0.15, -0.1) is 0 Å². The molecular formula is C27H22ClNO3. The van der Waals surface area contributed by atoms with Crippen LogP contribution in [0.2, 0.25) is 5.02 Å². The average molecular weight is 444 g/mol. The van der Waals surface area contributed by atoms with Gasteiger partial charge in [-0.25, -0.2) is 0 Å². The van der Waals surface area contributed by atoms with Crippen LogP contribution in [0.15, 0.2) is 103 Å². The Labute approximate surface area is 192 Å². The summed E-state index contributed by atoms with van der Waals surface area (Å²) in [6.07, 6.45) is 0. The lowest BCUT2D eigenvalue weighted by Gasteiger charge is -2.24. The SMILES string of the molecule is COc1ccc(N(C(=O)c2ccc(Cl)cc2)c2ccc(OCc3ccccc3)cc2)cc1. The summed E-state index contributed by atoms with van der Waals surface area (Å²) in [5, 5.41) is 0.581. The van der Waals surface area contributed by atoms with Crippen LogP contribution in [0.25, 0.3) is 0 Å². The molecule has 4 aromatic rings. The van der Waals surface area contributed by atoms with Crippen molar-refractivity contribution in [3.63, 3.8) is 0 Å². The fraction of sp³-hybridized carbons (Fsp3) is 0.0741. The van der Waals surface area contributed by atoms with Crippen molar-refractivity contribution in [2.75, 3.05) is 12.0 Å². The van der Waals surface area contributed by atoms with E-state index in [-0.39, 0.29) is 5.91 Å². The number of carbonyl (C=O) groups is 1. The first kappa shape index (κ1) is 21.5. The van der Waals surface area contributed by atoms with Crippen LogP contribution in [0.1, 0.15) is 15.9 Å². The molecule has 0 saturated heterocycles. The first-order valence-electron chi connectivity index (χ1n) is 10.1. The molecule has 0 aromatic heterocycles. The normalized spacial score (nSPS) is 10.4. The number of methoxy groups -OCH3 is 1. The molecule has 4 aromatic carbocycles. The van der Waals surface area contributed by atoms with Crippen LogP contribution in [0, 0.1) is 0 Å². The van der Waals surface area contributed by atoms with Crippen molar-refractivity contribution < 1.29 is 14.3 Å². The van der Waals surface area contributed by atoms with Crippen molar-refractivity contribution in [2.45, 2.75) is 6.61 Å². The lowest BCUT2D eigenvalue weighted by Crippen LogP contribution is -2.25.